The monoisotopic (exact) mass is 583 g/mol. The second-order valence-electron chi connectivity index (χ2n) is 10.7. The first-order valence-corrected chi connectivity index (χ1v) is 14.5. The number of fused-ring (bicyclic) bond motifs is 2. The van der Waals surface area contributed by atoms with Crippen molar-refractivity contribution in [2.75, 3.05) is 37.7 Å². The van der Waals surface area contributed by atoms with Crippen molar-refractivity contribution in [2.24, 2.45) is 5.10 Å². The van der Waals surface area contributed by atoms with E-state index < -0.39 is 5.91 Å². The van der Waals surface area contributed by atoms with E-state index in [1.807, 2.05) is 72.8 Å². The van der Waals surface area contributed by atoms with Gasteiger partial charge >= 0.3 is 0 Å². The van der Waals surface area contributed by atoms with Crippen molar-refractivity contribution in [1.29, 1.82) is 0 Å². The summed E-state index contributed by atoms with van der Waals surface area (Å²) < 4.78 is 1.56. The van der Waals surface area contributed by atoms with Crippen molar-refractivity contribution in [2.45, 2.75) is 0 Å². The number of anilines is 1. The molecule has 44 heavy (non-hydrogen) atoms. The highest BCUT2D eigenvalue weighted by molar-refractivity contribution is 6.54. The topological polar surface area (TPSA) is 112 Å². The van der Waals surface area contributed by atoms with Crippen molar-refractivity contribution in [3.8, 4) is 17.1 Å². The van der Waals surface area contributed by atoms with Gasteiger partial charge < -0.3 is 5.32 Å². The summed E-state index contributed by atoms with van der Waals surface area (Å²) >= 11 is 0. The fourth-order valence-corrected chi connectivity index (χ4v) is 5.65. The second kappa shape index (κ2) is 11.7. The number of amides is 2. The lowest BCUT2D eigenvalue weighted by molar-refractivity contribution is -0.112. The van der Waals surface area contributed by atoms with E-state index in [4.69, 9.17) is 4.98 Å². The first kappa shape index (κ1) is 27.4. The van der Waals surface area contributed by atoms with Gasteiger partial charge in [0, 0.05) is 42.9 Å². The molecule has 2 N–H and O–H groups in total. The summed E-state index contributed by atoms with van der Waals surface area (Å²) in [5, 5.41) is 8.10. The number of rotatable bonds is 6. The number of piperazine rings is 1. The minimum absolute atomic E-state index is 0.196. The van der Waals surface area contributed by atoms with Gasteiger partial charge in [-0.2, -0.15) is 5.10 Å². The largest absolute Gasteiger partial charge is 0.314 e. The Labute approximate surface area is 253 Å². The van der Waals surface area contributed by atoms with Gasteiger partial charge in [0.1, 0.15) is 5.82 Å². The molecule has 10 nitrogen and oxygen atoms in total. The van der Waals surface area contributed by atoms with Crippen LogP contribution in [0, 0.1) is 0 Å². The summed E-state index contributed by atoms with van der Waals surface area (Å²) in [4.78, 5) is 49.0. The van der Waals surface area contributed by atoms with Crippen molar-refractivity contribution < 1.29 is 9.59 Å². The molecule has 7 rings (SSSR count). The molecule has 0 unspecified atom stereocenters. The molecule has 0 spiro atoms. The molecule has 0 aliphatic carbocycles. The van der Waals surface area contributed by atoms with Gasteiger partial charge in [-0.05, 0) is 42.5 Å². The molecule has 2 aliphatic heterocycles. The van der Waals surface area contributed by atoms with Gasteiger partial charge in [0.25, 0.3) is 17.4 Å². The van der Waals surface area contributed by atoms with Crippen molar-refractivity contribution in [3.05, 3.63) is 125 Å². The van der Waals surface area contributed by atoms with Crippen molar-refractivity contribution in [3.63, 3.8) is 0 Å². The van der Waals surface area contributed by atoms with Crippen LogP contribution < -0.4 is 21.2 Å². The Morgan fingerprint density at radius 1 is 0.841 bits per heavy atom. The number of benzene rings is 4. The molecule has 3 heterocycles. The Bertz CT molecular complexity index is 1960. The van der Waals surface area contributed by atoms with Gasteiger partial charge in [-0.15, -0.1) is 0 Å². The summed E-state index contributed by atoms with van der Waals surface area (Å²) in [6, 6.07) is 30.9. The fourth-order valence-electron chi connectivity index (χ4n) is 5.65. The van der Waals surface area contributed by atoms with Crippen LogP contribution in [0.3, 0.4) is 0 Å². The molecule has 1 fully saturated rings. The molecule has 0 bridgehead atoms. The lowest BCUT2D eigenvalue weighted by atomic mass is 10.1. The number of hydrazone groups is 1. The third-order valence-corrected chi connectivity index (χ3v) is 7.91. The first-order valence-electron chi connectivity index (χ1n) is 14.5. The zero-order valence-electron chi connectivity index (χ0n) is 23.8. The van der Waals surface area contributed by atoms with Crippen LogP contribution in [0.15, 0.2) is 113 Å². The SMILES string of the molecule is O=C(N/N=C1/C(=O)N(CN2CCNCC2)c2ccccc21)c1ccc(-n2c(-c3ccccc3)nc3ccccc3c2=O)cc1. The quantitative estimate of drug-likeness (QED) is 0.297. The molecule has 0 atom stereocenters. The Kier molecular flexibility index (Phi) is 7.27. The molecule has 1 aromatic heterocycles. The average molecular weight is 584 g/mol. The second-order valence-corrected chi connectivity index (χ2v) is 10.7. The van der Waals surface area contributed by atoms with Crippen LogP contribution in [-0.4, -0.2) is 64.8 Å². The van der Waals surface area contributed by atoms with Crippen molar-refractivity contribution >= 4 is 34.1 Å². The average Bonchev–Trinajstić information content (AvgIpc) is 3.34. The van der Waals surface area contributed by atoms with E-state index in [2.05, 4.69) is 20.7 Å². The number of carbonyl (C=O) groups is 2. The van der Waals surface area contributed by atoms with E-state index in [9.17, 15) is 14.4 Å². The van der Waals surface area contributed by atoms with Crippen LogP contribution in [0.4, 0.5) is 5.69 Å². The summed E-state index contributed by atoms with van der Waals surface area (Å²) in [5.41, 5.74) is 6.31. The van der Waals surface area contributed by atoms with Gasteiger partial charge in [0.05, 0.1) is 28.9 Å². The maximum atomic E-state index is 13.7. The standard InChI is InChI=1S/C34H29N7O3/c42-32(38-37-30-27-11-5-7-13-29(27)40(34(30)44)22-39-20-18-35-19-21-39)24-14-16-25(17-15-24)41-31(23-8-2-1-3-9-23)36-28-12-6-4-10-26(28)33(41)43/h1-17,35H,18-22H2,(H,38,42)/b37-30+. The molecule has 10 heteroatoms. The Balaban J connectivity index is 1.16. The van der Waals surface area contributed by atoms with Gasteiger partial charge in [0.15, 0.2) is 5.71 Å². The van der Waals surface area contributed by atoms with E-state index in [1.165, 1.54) is 0 Å². The number of para-hydroxylation sites is 2. The van der Waals surface area contributed by atoms with E-state index in [1.54, 1.807) is 39.8 Å². The third-order valence-electron chi connectivity index (χ3n) is 7.91. The molecule has 2 amide bonds. The normalized spacial score (nSPS) is 16.0. The van der Waals surface area contributed by atoms with Crippen LogP contribution in [0.2, 0.25) is 0 Å². The van der Waals surface area contributed by atoms with Crippen LogP contribution >= 0.6 is 0 Å². The highest BCUT2D eigenvalue weighted by Crippen LogP contribution is 2.29. The number of hydrogen-bond acceptors (Lipinski definition) is 7. The number of aromatic nitrogens is 2. The predicted molar refractivity (Wildman–Crippen MR) is 170 cm³/mol. The zero-order valence-corrected chi connectivity index (χ0v) is 23.8. The summed E-state index contributed by atoms with van der Waals surface area (Å²) in [7, 11) is 0. The smallest absolute Gasteiger partial charge is 0.280 e. The minimum atomic E-state index is -0.470. The summed E-state index contributed by atoms with van der Waals surface area (Å²) in [6.45, 7) is 3.90. The van der Waals surface area contributed by atoms with E-state index >= 15 is 0 Å². The Morgan fingerprint density at radius 3 is 2.34 bits per heavy atom. The fraction of sp³-hybridized carbons (Fsp3) is 0.147. The number of hydrogen-bond donors (Lipinski definition) is 2. The van der Waals surface area contributed by atoms with Gasteiger partial charge in [0.2, 0.25) is 0 Å². The maximum Gasteiger partial charge on any atom is 0.280 e. The Hall–Kier alpha value is -5.45. The van der Waals surface area contributed by atoms with Crippen LogP contribution in [-0.2, 0) is 4.79 Å². The minimum Gasteiger partial charge on any atom is -0.314 e. The van der Waals surface area contributed by atoms with E-state index in [0.717, 1.165) is 37.4 Å². The van der Waals surface area contributed by atoms with Gasteiger partial charge in [-0.25, -0.2) is 10.4 Å². The van der Waals surface area contributed by atoms with E-state index in [-0.39, 0.29) is 17.2 Å². The van der Waals surface area contributed by atoms with E-state index in [0.29, 0.717) is 40.2 Å². The lowest BCUT2D eigenvalue weighted by Gasteiger charge is -2.31. The molecule has 2 aliphatic rings. The van der Waals surface area contributed by atoms with Crippen LogP contribution in [0.5, 0.6) is 0 Å². The lowest BCUT2D eigenvalue weighted by Crippen LogP contribution is -2.49. The molecule has 1 saturated heterocycles. The number of nitrogens with one attached hydrogen (secondary N) is 2. The maximum absolute atomic E-state index is 13.7. The molecule has 0 radical (unpaired) electrons. The zero-order chi connectivity index (χ0) is 30.0. The van der Waals surface area contributed by atoms with Crippen LogP contribution in [0.25, 0.3) is 28.0 Å². The molecule has 0 saturated carbocycles. The van der Waals surface area contributed by atoms with Crippen molar-refractivity contribution in [1.82, 2.24) is 25.2 Å². The highest BCUT2D eigenvalue weighted by atomic mass is 16.2. The molecular weight excluding hydrogens is 554 g/mol. The number of nitrogens with zero attached hydrogens (tertiary/aromatic N) is 5. The summed E-state index contributed by atoms with van der Waals surface area (Å²) in [5.74, 6) is -0.221. The summed E-state index contributed by atoms with van der Waals surface area (Å²) in [6.07, 6.45) is 0. The molecule has 4 aromatic carbocycles. The predicted octanol–water partition coefficient (Wildman–Crippen LogP) is 3.40. The molecule has 218 valence electrons. The van der Waals surface area contributed by atoms with Gasteiger partial charge in [-0.1, -0.05) is 60.7 Å². The third kappa shape index (κ3) is 5.06. The van der Waals surface area contributed by atoms with Gasteiger partial charge in [-0.3, -0.25) is 28.8 Å². The first-order chi connectivity index (χ1) is 21.6. The molecule has 5 aromatic rings. The Morgan fingerprint density at radius 2 is 1.55 bits per heavy atom. The number of carbonyl (C=O) groups excluding carboxylic acids is 2. The van der Waals surface area contributed by atoms with Crippen LogP contribution in [0.1, 0.15) is 15.9 Å². The highest BCUT2D eigenvalue weighted by Gasteiger charge is 2.35. The molecular formula is C34H29N7O3.